The molecule has 1 aromatic rings. The summed E-state index contributed by atoms with van der Waals surface area (Å²) in [5.74, 6) is 0.666. The van der Waals surface area contributed by atoms with Gasteiger partial charge in [-0.05, 0) is 37.1 Å². The molecule has 1 amide bonds. The van der Waals surface area contributed by atoms with Crippen LogP contribution >= 0.6 is 12.2 Å². The van der Waals surface area contributed by atoms with Crippen LogP contribution in [0.25, 0.3) is 0 Å². The molecule has 0 aromatic heterocycles. The Morgan fingerprint density at radius 3 is 2.35 bits per heavy atom. The molecule has 1 fully saturated rings. The van der Waals surface area contributed by atoms with Gasteiger partial charge in [-0.15, -0.1) is 0 Å². The van der Waals surface area contributed by atoms with Crippen molar-refractivity contribution in [3.8, 4) is 5.75 Å². The highest BCUT2D eigenvalue weighted by molar-refractivity contribution is 7.80. The second-order valence-corrected chi connectivity index (χ2v) is 5.63. The van der Waals surface area contributed by atoms with Gasteiger partial charge in [-0.25, -0.2) is 0 Å². The third-order valence-electron chi connectivity index (χ3n) is 3.96. The minimum absolute atomic E-state index is 0.0881. The van der Waals surface area contributed by atoms with E-state index in [1.54, 1.807) is 7.11 Å². The van der Waals surface area contributed by atoms with Gasteiger partial charge in [-0.1, -0.05) is 31.5 Å². The lowest BCUT2D eigenvalue weighted by molar-refractivity contribution is -0.123. The van der Waals surface area contributed by atoms with Crippen LogP contribution < -0.4 is 15.8 Å². The molecule has 20 heavy (non-hydrogen) atoms. The maximum atomic E-state index is 12.6. The molecular formula is C15H20N2O2S. The molecular weight excluding hydrogens is 272 g/mol. The maximum Gasteiger partial charge on any atom is 0.237 e. The third-order valence-corrected chi connectivity index (χ3v) is 4.35. The van der Waals surface area contributed by atoms with Crippen molar-refractivity contribution in [2.45, 2.75) is 32.1 Å². The Kier molecular flexibility index (Phi) is 4.60. The van der Waals surface area contributed by atoms with Crippen LogP contribution in [-0.4, -0.2) is 18.0 Å². The molecule has 0 bridgehead atoms. The number of carbonyl (C=O) groups excluding carboxylic acids is 1. The number of amides is 1. The van der Waals surface area contributed by atoms with Gasteiger partial charge in [0.05, 0.1) is 17.5 Å². The smallest absolute Gasteiger partial charge is 0.237 e. The number of ether oxygens (including phenoxy) is 1. The van der Waals surface area contributed by atoms with Crippen LogP contribution in [0.4, 0.5) is 5.69 Å². The zero-order chi connectivity index (χ0) is 14.6. The Morgan fingerprint density at radius 2 is 1.85 bits per heavy atom. The SMILES string of the molecule is COc1ccc(NC(=O)C2(C(N)=S)CCCCC2)cc1. The summed E-state index contributed by atoms with van der Waals surface area (Å²) in [6.45, 7) is 0. The Labute approximate surface area is 124 Å². The number of anilines is 1. The number of methoxy groups -OCH3 is 1. The van der Waals surface area contributed by atoms with Crippen LogP contribution in [0.5, 0.6) is 5.75 Å². The van der Waals surface area contributed by atoms with Crippen molar-refractivity contribution >= 4 is 28.8 Å². The molecule has 0 atom stereocenters. The van der Waals surface area contributed by atoms with E-state index in [2.05, 4.69) is 5.32 Å². The van der Waals surface area contributed by atoms with Crippen molar-refractivity contribution < 1.29 is 9.53 Å². The summed E-state index contributed by atoms with van der Waals surface area (Å²) in [5, 5.41) is 2.92. The fraction of sp³-hybridized carbons (Fsp3) is 0.467. The average molecular weight is 292 g/mol. The van der Waals surface area contributed by atoms with E-state index in [4.69, 9.17) is 22.7 Å². The Bertz CT molecular complexity index is 493. The number of nitrogens with two attached hydrogens (primary N) is 1. The summed E-state index contributed by atoms with van der Waals surface area (Å²) in [4.78, 5) is 12.9. The maximum absolute atomic E-state index is 12.6. The molecule has 1 saturated carbocycles. The van der Waals surface area contributed by atoms with Crippen LogP contribution in [-0.2, 0) is 4.79 Å². The number of rotatable bonds is 4. The molecule has 5 heteroatoms. The van der Waals surface area contributed by atoms with Crippen LogP contribution in [0.2, 0.25) is 0 Å². The minimum atomic E-state index is -0.687. The predicted molar refractivity (Wildman–Crippen MR) is 83.9 cm³/mol. The van der Waals surface area contributed by atoms with E-state index in [0.29, 0.717) is 4.99 Å². The van der Waals surface area contributed by atoms with E-state index in [9.17, 15) is 4.79 Å². The number of carbonyl (C=O) groups is 1. The first-order chi connectivity index (χ1) is 9.58. The fourth-order valence-electron chi connectivity index (χ4n) is 2.67. The van der Waals surface area contributed by atoms with E-state index < -0.39 is 5.41 Å². The molecule has 0 spiro atoms. The monoisotopic (exact) mass is 292 g/mol. The number of nitrogens with one attached hydrogen (secondary N) is 1. The Balaban J connectivity index is 2.13. The van der Waals surface area contributed by atoms with Crippen LogP contribution in [0, 0.1) is 5.41 Å². The summed E-state index contributed by atoms with van der Waals surface area (Å²) in [6.07, 6.45) is 4.61. The highest BCUT2D eigenvalue weighted by atomic mass is 32.1. The molecule has 108 valence electrons. The first-order valence-corrected chi connectivity index (χ1v) is 7.25. The first-order valence-electron chi connectivity index (χ1n) is 6.84. The lowest BCUT2D eigenvalue weighted by Gasteiger charge is -2.34. The molecule has 1 aliphatic rings. The molecule has 0 heterocycles. The zero-order valence-corrected chi connectivity index (χ0v) is 12.5. The first kappa shape index (κ1) is 14.8. The zero-order valence-electron chi connectivity index (χ0n) is 11.6. The van der Waals surface area contributed by atoms with Gasteiger partial charge in [0, 0.05) is 5.69 Å². The third kappa shape index (κ3) is 2.93. The van der Waals surface area contributed by atoms with E-state index in [-0.39, 0.29) is 5.91 Å². The van der Waals surface area contributed by atoms with Gasteiger partial charge < -0.3 is 15.8 Å². The lowest BCUT2D eigenvalue weighted by Crippen LogP contribution is -2.47. The summed E-state index contributed by atoms with van der Waals surface area (Å²) >= 11 is 5.16. The van der Waals surface area contributed by atoms with Gasteiger partial charge in [0.25, 0.3) is 0 Å². The molecule has 1 aliphatic carbocycles. The summed E-state index contributed by atoms with van der Waals surface area (Å²) in [7, 11) is 1.61. The van der Waals surface area contributed by atoms with E-state index in [1.165, 1.54) is 0 Å². The summed E-state index contributed by atoms with van der Waals surface area (Å²) in [6, 6.07) is 7.24. The molecule has 0 radical (unpaired) electrons. The number of thiocarbonyl (C=S) groups is 1. The van der Waals surface area contributed by atoms with Crippen molar-refractivity contribution in [2.75, 3.05) is 12.4 Å². The van der Waals surface area contributed by atoms with Gasteiger partial charge >= 0.3 is 0 Å². The number of hydrogen-bond donors (Lipinski definition) is 2. The lowest BCUT2D eigenvalue weighted by atomic mass is 9.73. The van der Waals surface area contributed by atoms with Gasteiger partial charge in [0.2, 0.25) is 5.91 Å². The molecule has 0 aliphatic heterocycles. The van der Waals surface area contributed by atoms with Gasteiger partial charge in [-0.3, -0.25) is 4.79 Å². The Hall–Kier alpha value is -1.62. The largest absolute Gasteiger partial charge is 0.497 e. The van der Waals surface area contributed by atoms with Gasteiger partial charge in [-0.2, -0.15) is 0 Å². The van der Waals surface area contributed by atoms with Crippen molar-refractivity contribution in [1.29, 1.82) is 0 Å². The van der Waals surface area contributed by atoms with Crippen molar-refractivity contribution in [1.82, 2.24) is 0 Å². The van der Waals surface area contributed by atoms with Crippen molar-refractivity contribution in [3.63, 3.8) is 0 Å². The highest BCUT2D eigenvalue weighted by Crippen LogP contribution is 2.37. The molecule has 3 N–H and O–H groups in total. The standard InChI is InChI=1S/C15H20N2O2S/c1-19-12-7-5-11(6-8-12)17-14(18)15(13(16)20)9-3-2-4-10-15/h5-8H,2-4,9-10H2,1H3,(H2,16,20)(H,17,18). The number of benzene rings is 1. The minimum Gasteiger partial charge on any atom is -0.497 e. The molecule has 0 unspecified atom stereocenters. The van der Waals surface area contributed by atoms with Crippen molar-refractivity contribution in [2.24, 2.45) is 11.1 Å². The van der Waals surface area contributed by atoms with Gasteiger partial charge in [0.1, 0.15) is 5.75 Å². The molecule has 1 aromatic carbocycles. The second kappa shape index (κ2) is 6.22. The summed E-state index contributed by atoms with van der Waals surface area (Å²) in [5.41, 5.74) is 5.90. The van der Waals surface area contributed by atoms with E-state index in [0.717, 1.165) is 43.5 Å². The van der Waals surface area contributed by atoms with E-state index in [1.807, 2.05) is 24.3 Å². The van der Waals surface area contributed by atoms with Crippen LogP contribution in [0.1, 0.15) is 32.1 Å². The van der Waals surface area contributed by atoms with Crippen LogP contribution in [0.15, 0.2) is 24.3 Å². The van der Waals surface area contributed by atoms with Crippen LogP contribution in [0.3, 0.4) is 0 Å². The normalized spacial score (nSPS) is 17.2. The molecule has 2 rings (SSSR count). The highest BCUT2D eigenvalue weighted by Gasteiger charge is 2.42. The fourth-order valence-corrected chi connectivity index (χ4v) is 2.96. The van der Waals surface area contributed by atoms with Gasteiger partial charge in [0.15, 0.2) is 0 Å². The average Bonchev–Trinajstić information content (AvgIpc) is 2.48. The molecule has 0 saturated heterocycles. The quantitative estimate of drug-likeness (QED) is 0.838. The summed E-state index contributed by atoms with van der Waals surface area (Å²) < 4.78 is 5.10. The Morgan fingerprint density at radius 1 is 1.25 bits per heavy atom. The van der Waals surface area contributed by atoms with E-state index >= 15 is 0 Å². The predicted octanol–water partition coefficient (Wildman–Crippen LogP) is 2.87. The number of hydrogen-bond acceptors (Lipinski definition) is 3. The second-order valence-electron chi connectivity index (χ2n) is 5.19. The topological polar surface area (TPSA) is 64.3 Å². The van der Waals surface area contributed by atoms with Crippen molar-refractivity contribution in [3.05, 3.63) is 24.3 Å². The molecule has 4 nitrogen and oxygen atoms in total.